The van der Waals surface area contributed by atoms with Gasteiger partial charge in [0.2, 0.25) is 0 Å². The van der Waals surface area contributed by atoms with Gasteiger partial charge in [0.1, 0.15) is 0 Å². The molecule has 2 rings (SSSR count). The maximum atomic E-state index is 11.6. The number of H-pyrrole nitrogens is 1. The van der Waals surface area contributed by atoms with E-state index >= 15 is 0 Å². The standard InChI is InChI=1S/C13H13N3O6/c1-2-22-13(17)12(16(20)21)5-8-7-14-11-4-3-9(15(18)19)6-10(8)11/h3-4,6-7,12,14H,2,5H2,1H3. The van der Waals surface area contributed by atoms with E-state index in [-0.39, 0.29) is 18.7 Å². The number of fused-ring (bicyclic) bond motifs is 1. The fourth-order valence-electron chi connectivity index (χ4n) is 2.14. The Morgan fingerprint density at radius 3 is 2.68 bits per heavy atom. The van der Waals surface area contributed by atoms with E-state index in [1.807, 2.05) is 0 Å². The molecule has 0 aliphatic heterocycles. The van der Waals surface area contributed by atoms with Crippen molar-refractivity contribution in [2.75, 3.05) is 6.61 Å². The highest BCUT2D eigenvalue weighted by atomic mass is 16.6. The number of non-ortho nitro benzene ring substituents is 1. The molecule has 1 atom stereocenters. The lowest BCUT2D eigenvalue weighted by molar-refractivity contribution is -0.510. The molecule has 0 saturated heterocycles. The molecule has 2 aromatic rings. The zero-order chi connectivity index (χ0) is 16.3. The lowest BCUT2D eigenvalue weighted by Crippen LogP contribution is -2.33. The van der Waals surface area contributed by atoms with Crippen molar-refractivity contribution in [1.82, 2.24) is 4.98 Å². The SMILES string of the molecule is CCOC(=O)C(Cc1c[nH]c2ccc([N+](=O)[O-])cc12)[N+](=O)[O-]. The number of esters is 1. The minimum atomic E-state index is -1.54. The van der Waals surface area contributed by atoms with Crippen LogP contribution >= 0.6 is 0 Å². The number of nitrogens with zero attached hydrogens (tertiary/aromatic N) is 2. The van der Waals surface area contributed by atoms with E-state index in [1.165, 1.54) is 24.4 Å². The first-order valence-corrected chi connectivity index (χ1v) is 6.48. The van der Waals surface area contributed by atoms with Crippen molar-refractivity contribution in [3.63, 3.8) is 0 Å². The Morgan fingerprint density at radius 1 is 1.36 bits per heavy atom. The highest BCUT2D eigenvalue weighted by Crippen LogP contribution is 2.25. The normalized spacial score (nSPS) is 12.0. The zero-order valence-corrected chi connectivity index (χ0v) is 11.6. The molecule has 9 nitrogen and oxygen atoms in total. The van der Waals surface area contributed by atoms with Crippen molar-refractivity contribution >= 4 is 22.6 Å². The first-order chi connectivity index (χ1) is 10.4. The van der Waals surface area contributed by atoms with E-state index in [2.05, 4.69) is 9.72 Å². The quantitative estimate of drug-likeness (QED) is 0.492. The Morgan fingerprint density at radius 2 is 2.09 bits per heavy atom. The summed E-state index contributed by atoms with van der Waals surface area (Å²) in [6.45, 7) is 1.60. The molecular formula is C13H13N3O6. The zero-order valence-electron chi connectivity index (χ0n) is 11.6. The van der Waals surface area contributed by atoms with Gasteiger partial charge < -0.3 is 9.72 Å². The highest BCUT2D eigenvalue weighted by Gasteiger charge is 2.32. The first kappa shape index (κ1) is 15.4. The molecule has 0 aliphatic rings. The number of ether oxygens (including phenoxy) is 1. The minimum Gasteiger partial charge on any atom is -0.461 e. The average Bonchev–Trinajstić information content (AvgIpc) is 2.86. The van der Waals surface area contributed by atoms with Crippen LogP contribution < -0.4 is 0 Å². The maximum Gasteiger partial charge on any atom is 0.382 e. The van der Waals surface area contributed by atoms with Gasteiger partial charge in [-0.3, -0.25) is 20.2 Å². The Balaban J connectivity index is 2.37. The van der Waals surface area contributed by atoms with Crippen LogP contribution in [0.5, 0.6) is 0 Å². The Hall–Kier alpha value is -2.97. The van der Waals surface area contributed by atoms with Gasteiger partial charge in [-0.2, -0.15) is 0 Å². The summed E-state index contributed by atoms with van der Waals surface area (Å²) in [4.78, 5) is 35.1. The summed E-state index contributed by atoms with van der Waals surface area (Å²) < 4.78 is 4.69. The summed E-state index contributed by atoms with van der Waals surface area (Å²) in [7, 11) is 0. The lowest BCUT2D eigenvalue weighted by Gasteiger charge is -2.07. The number of benzene rings is 1. The van der Waals surface area contributed by atoms with Crippen LogP contribution in [0.1, 0.15) is 12.5 Å². The van der Waals surface area contributed by atoms with Crippen LogP contribution in [-0.4, -0.2) is 33.4 Å². The number of aromatic nitrogens is 1. The molecule has 9 heteroatoms. The molecule has 0 fully saturated rings. The van der Waals surface area contributed by atoms with Crippen LogP contribution in [0.2, 0.25) is 0 Å². The molecule has 22 heavy (non-hydrogen) atoms. The number of hydrogen-bond donors (Lipinski definition) is 1. The molecule has 1 heterocycles. The number of hydrogen-bond acceptors (Lipinski definition) is 6. The van der Waals surface area contributed by atoms with Gasteiger partial charge in [-0.05, 0) is 18.6 Å². The predicted octanol–water partition coefficient (Wildman–Crippen LogP) is 1.83. The second-order valence-electron chi connectivity index (χ2n) is 4.56. The van der Waals surface area contributed by atoms with Gasteiger partial charge in [0.05, 0.1) is 18.0 Å². The molecular weight excluding hydrogens is 294 g/mol. The van der Waals surface area contributed by atoms with Gasteiger partial charge in [0.25, 0.3) is 5.69 Å². The highest BCUT2D eigenvalue weighted by molar-refractivity contribution is 5.86. The van der Waals surface area contributed by atoms with Gasteiger partial charge >= 0.3 is 12.0 Å². The van der Waals surface area contributed by atoms with E-state index in [1.54, 1.807) is 6.92 Å². The molecule has 1 aromatic heterocycles. The van der Waals surface area contributed by atoms with Crippen molar-refractivity contribution in [2.45, 2.75) is 19.4 Å². The van der Waals surface area contributed by atoms with Crippen LogP contribution in [0.3, 0.4) is 0 Å². The van der Waals surface area contributed by atoms with Crippen LogP contribution in [0.15, 0.2) is 24.4 Å². The third-order valence-electron chi connectivity index (χ3n) is 3.19. The second-order valence-corrected chi connectivity index (χ2v) is 4.56. The molecule has 0 radical (unpaired) electrons. The third-order valence-corrected chi connectivity index (χ3v) is 3.19. The maximum absolute atomic E-state index is 11.6. The molecule has 0 aliphatic carbocycles. The van der Waals surface area contributed by atoms with Gasteiger partial charge in [0.15, 0.2) is 0 Å². The largest absolute Gasteiger partial charge is 0.461 e. The monoisotopic (exact) mass is 307 g/mol. The molecule has 1 unspecified atom stereocenters. The molecule has 1 aromatic carbocycles. The van der Waals surface area contributed by atoms with E-state index in [0.29, 0.717) is 16.5 Å². The van der Waals surface area contributed by atoms with Gasteiger partial charge in [0, 0.05) is 34.2 Å². The van der Waals surface area contributed by atoms with E-state index in [9.17, 15) is 25.0 Å². The van der Waals surface area contributed by atoms with Gasteiger partial charge in [-0.1, -0.05) is 0 Å². The van der Waals surface area contributed by atoms with E-state index in [0.717, 1.165) is 0 Å². The molecule has 0 amide bonds. The van der Waals surface area contributed by atoms with Crippen molar-refractivity contribution in [3.05, 3.63) is 50.2 Å². The number of aromatic amines is 1. The summed E-state index contributed by atoms with van der Waals surface area (Å²) in [5.74, 6) is -0.924. The first-order valence-electron chi connectivity index (χ1n) is 6.48. The van der Waals surface area contributed by atoms with Crippen LogP contribution in [-0.2, 0) is 16.0 Å². The number of nitro benzene ring substituents is 1. The second kappa shape index (κ2) is 6.20. The summed E-state index contributed by atoms with van der Waals surface area (Å²) in [5, 5.41) is 22.3. The summed E-state index contributed by atoms with van der Waals surface area (Å²) in [6, 6.07) is 2.63. The third kappa shape index (κ3) is 3.03. The number of carbonyl (C=O) groups excluding carboxylic acids is 1. The van der Waals surface area contributed by atoms with Crippen molar-refractivity contribution in [1.29, 1.82) is 0 Å². The molecule has 1 N–H and O–H groups in total. The number of rotatable bonds is 6. The lowest BCUT2D eigenvalue weighted by atomic mass is 10.1. The molecule has 0 bridgehead atoms. The number of nitrogens with one attached hydrogen (secondary N) is 1. The number of carbonyl (C=O) groups is 1. The smallest absolute Gasteiger partial charge is 0.382 e. The van der Waals surface area contributed by atoms with Crippen LogP contribution in [0.4, 0.5) is 5.69 Å². The Labute approximate surface area is 124 Å². The Bertz CT molecular complexity index is 738. The predicted molar refractivity (Wildman–Crippen MR) is 76.1 cm³/mol. The fraction of sp³-hybridized carbons (Fsp3) is 0.308. The Kier molecular flexibility index (Phi) is 4.35. The molecule has 0 saturated carbocycles. The molecule has 0 spiro atoms. The summed E-state index contributed by atoms with van der Waals surface area (Å²) in [6.07, 6.45) is 1.30. The van der Waals surface area contributed by atoms with Crippen molar-refractivity contribution in [3.8, 4) is 0 Å². The van der Waals surface area contributed by atoms with Crippen molar-refractivity contribution in [2.24, 2.45) is 0 Å². The fourth-order valence-corrected chi connectivity index (χ4v) is 2.14. The topological polar surface area (TPSA) is 128 Å². The van der Waals surface area contributed by atoms with Crippen LogP contribution in [0.25, 0.3) is 10.9 Å². The summed E-state index contributed by atoms with van der Waals surface area (Å²) in [5.41, 5.74) is 0.933. The van der Waals surface area contributed by atoms with Gasteiger partial charge in [-0.15, -0.1) is 0 Å². The average molecular weight is 307 g/mol. The molecule has 116 valence electrons. The van der Waals surface area contributed by atoms with Gasteiger partial charge in [-0.25, -0.2) is 4.79 Å². The minimum absolute atomic E-state index is 0.0442. The number of nitro groups is 2. The van der Waals surface area contributed by atoms with E-state index in [4.69, 9.17) is 0 Å². The van der Waals surface area contributed by atoms with Crippen LogP contribution in [0, 0.1) is 20.2 Å². The summed E-state index contributed by atoms with van der Waals surface area (Å²) >= 11 is 0. The van der Waals surface area contributed by atoms with Crippen molar-refractivity contribution < 1.29 is 19.4 Å². The van der Waals surface area contributed by atoms with E-state index < -0.39 is 21.9 Å².